The molecule has 0 heterocycles. The summed E-state index contributed by atoms with van der Waals surface area (Å²) in [5.74, 6) is -0.459. The van der Waals surface area contributed by atoms with Crippen molar-refractivity contribution in [3.63, 3.8) is 0 Å². The molecule has 0 fully saturated rings. The quantitative estimate of drug-likeness (QED) is 0.580. The molecule has 1 nitrogen and oxygen atoms in total. The van der Waals surface area contributed by atoms with Crippen molar-refractivity contribution in [3.8, 4) is 28.3 Å². The molecule has 0 bridgehead atoms. The minimum atomic E-state index is -0.459. The molecule has 24 heavy (non-hydrogen) atoms. The van der Waals surface area contributed by atoms with Crippen molar-refractivity contribution in [2.24, 2.45) is 0 Å². The van der Waals surface area contributed by atoms with Gasteiger partial charge in [0.2, 0.25) is 0 Å². The summed E-state index contributed by atoms with van der Waals surface area (Å²) in [6, 6.07) is 22.9. The maximum atomic E-state index is 14.9. The molecule has 0 spiro atoms. The first-order valence-electron chi connectivity index (χ1n) is 8.12. The van der Waals surface area contributed by atoms with E-state index in [-0.39, 0.29) is 5.56 Å². The van der Waals surface area contributed by atoms with E-state index >= 15 is 0 Å². The van der Waals surface area contributed by atoms with Crippen LogP contribution in [-0.4, -0.2) is 0 Å². The Morgan fingerprint density at radius 3 is 2.21 bits per heavy atom. The summed E-state index contributed by atoms with van der Waals surface area (Å²) in [5.41, 5.74) is 4.37. The lowest BCUT2D eigenvalue weighted by molar-refractivity contribution is 0.628. The molecule has 3 rings (SSSR count). The highest BCUT2D eigenvalue weighted by atomic mass is 19.1. The molecular formula is C22H18FN. The van der Waals surface area contributed by atoms with Crippen LogP contribution in [0.25, 0.3) is 22.3 Å². The zero-order valence-corrected chi connectivity index (χ0v) is 13.6. The topological polar surface area (TPSA) is 23.8 Å². The fourth-order valence-corrected chi connectivity index (χ4v) is 2.93. The standard InChI is InChI=1S/C22H18FN/c1-2-6-16-9-11-17(12-10-16)20-14-13-19(15-24)22(23)21(20)18-7-4-3-5-8-18/h3-5,7-14H,2,6H2,1H3. The Morgan fingerprint density at radius 1 is 0.875 bits per heavy atom. The van der Waals surface area contributed by atoms with E-state index in [0.29, 0.717) is 5.56 Å². The van der Waals surface area contributed by atoms with Crippen LogP contribution in [0.1, 0.15) is 24.5 Å². The fourth-order valence-electron chi connectivity index (χ4n) is 2.93. The average molecular weight is 315 g/mol. The van der Waals surface area contributed by atoms with Crippen LogP contribution in [0.3, 0.4) is 0 Å². The molecule has 0 amide bonds. The summed E-state index contributed by atoms with van der Waals surface area (Å²) in [4.78, 5) is 0. The van der Waals surface area contributed by atoms with Crippen molar-refractivity contribution in [2.45, 2.75) is 19.8 Å². The van der Waals surface area contributed by atoms with E-state index in [9.17, 15) is 4.39 Å². The molecule has 0 aliphatic rings. The van der Waals surface area contributed by atoms with Gasteiger partial charge in [-0.1, -0.05) is 74.0 Å². The Kier molecular flexibility index (Phi) is 4.72. The van der Waals surface area contributed by atoms with Crippen molar-refractivity contribution >= 4 is 0 Å². The van der Waals surface area contributed by atoms with Gasteiger partial charge >= 0.3 is 0 Å². The second-order valence-corrected chi connectivity index (χ2v) is 5.77. The highest BCUT2D eigenvalue weighted by Crippen LogP contribution is 2.35. The third kappa shape index (κ3) is 3.07. The van der Waals surface area contributed by atoms with Crippen molar-refractivity contribution in [3.05, 3.63) is 83.7 Å². The Bertz CT molecular complexity index is 874. The minimum absolute atomic E-state index is 0.0696. The van der Waals surface area contributed by atoms with Crippen LogP contribution in [-0.2, 0) is 6.42 Å². The van der Waals surface area contributed by atoms with Gasteiger partial charge in [-0.15, -0.1) is 0 Å². The molecule has 0 unspecified atom stereocenters. The summed E-state index contributed by atoms with van der Waals surface area (Å²) in [6.07, 6.45) is 2.13. The first-order valence-corrected chi connectivity index (χ1v) is 8.12. The molecule has 0 aromatic heterocycles. The first kappa shape index (κ1) is 16.0. The number of benzene rings is 3. The summed E-state index contributed by atoms with van der Waals surface area (Å²) < 4.78 is 14.9. The normalized spacial score (nSPS) is 10.4. The van der Waals surface area contributed by atoms with Crippen LogP contribution in [0, 0.1) is 17.1 Å². The lowest BCUT2D eigenvalue weighted by Crippen LogP contribution is -1.94. The van der Waals surface area contributed by atoms with Gasteiger partial charge in [0.1, 0.15) is 11.9 Å². The molecule has 118 valence electrons. The molecule has 3 aromatic carbocycles. The zero-order valence-electron chi connectivity index (χ0n) is 13.6. The summed E-state index contributed by atoms with van der Waals surface area (Å²) in [5, 5.41) is 9.16. The fraction of sp³-hybridized carbons (Fsp3) is 0.136. The van der Waals surface area contributed by atoms with Crippen LogP contribution in [0.2, 0.25) is 0 Å². The number of hydrogen-bond acceptors (Lipinski definition) is 1. The van der Waals surface area contributed by atoms with Crippen molar-refractivity contribution < 1.29 is 4.39 Å². The smallest absolute Gasteiger partial charge is 0.149 e. The molecule has 2 heteroatoms. The largest absolute Gasteiger partial charge is 0.205 e. The highest BCUT2D eigenvalue weighted by molar-refractivity contribution is 5.85. The molecule has 0 aliphatic carbocycles. The van der Waals surface area contributed by atoms with Gasteiger partial charge in [-0.2, -0.15) is 5.26 Å². The van der Waals surface area contributed by atoms with Gasteiger partial charge in [0.05, 0.1) is 5.56 Å². The van der Waals surface area contributed by atoms with Crippen LogP contribution in [0.15, 0.2) is 66.7 Å². The maximum Gasteiger partial charge on any atom is 0.149 e. The molecule has 0 aliphatic heterocycles. The van der Waals surface area contributed by atoms with Crippen LogP contribution in [0.4, 0.5) is 4.39 Å². The van der Waals surface area contributed by atoms with Gasteiger partial charge in [0, 0.05) is 5.56 Å². The number of halogens is 1. The van der Waals surface area contributed by atoms with E-state index in [4.69, 9.17) is 5.26 Å². The number of nitriles is 1. The lowest BCUT2D eigenvalue weighted by Gasteiger charge is -2.13. The zero-order chi connectivity index (χ0) is 16.9. The van der Waals surface area contributed by atoms with Crippen molar-refractivity contribution in [1.29, 1.82) is 5.26 Å². The molecule has 0 N–H and O–H groups in total. The Hall–Kier alpha value is -2.92. The van der Waals surface area contributed by atoms with E-state index < -0.39 is 5.82 Å². The van der Waals surface area contributed by atoms with Crippen molar-refractivity contribution in [2.75, 3.05) is 0 Å². The molecule has 3 aromatic rings. The highest BCUT2D eigenvalue weighted by Gasteiger charge is 2.16. The van der Waals surface area contributed by atoms with Gasteiger partial charge in [0.15, 0.2) is 0 Å². The minimum Gasteiger partial charge on any atom is -0.205 e. The summed E-state index contributed by atoms with van der Waals surface area (Å²) in [6.45, 7) is 2.15. The van der Waals surface area contributed by atoms with Crippen LogP contribution >= 0.6 is 0 Å². The molecule has 0 radical (unpaired) electrons. The Labute approximate surface area is 142 Å². The van der Waals surface area contributed by atoms with E-state index in [1.807, 2.05) is 54.6 Å². The molecule has 0 atom stereocenters. The lowest BCUT2D eigenvalue weighted by atomic mass is 9.91. The van der Waals surface area contributed by atoms with Crippen LogP contribution in [0.5, 0.6) is 0 Å². The average Bonchev–Trinajstić information content (AvgIpc) is 2.63. The SMILES string of the molecule is CCCc1ccc(-c2ccc(C#N)c(F)c2-c2ccccc2)cc1. The molecular weight excluding hydrogens is 297 g/mol. The Balaban J connectivity index is 2.18. The number of hydrogen-bond donors (Lipinski definition) is 0. The third-order valence-electron chi connectivity index (χ3n) is 4.13. The van der Waals surface area contributed by atoms with E-state index in [0.717, 1.165) is 29.5 Å². The predicted octanol–water partition coefficient (Wildman–Crippen LogP) is 5.98. The van der Waals surface area contributed by atoms with Crippen molar-refractivity contribution in [1.82, 2.24) is 0 Å². The van der Waals surface area contributed by atoms with Gasteiger partial charge in [0.25, 0.3) is 0 Å². The van der Waals surface area contributed by atoms with Gasteiger partial charge in [-0.05, 0) is 34.7 Å². The van der Waals surface area contributed by atoms with Gasteiger partial charge in [-0.25, -0.2) is 4.39 Å². The van der Waals surface area contributed by atoms with Gasteiger partial charge < -0.3 is 0 Å². The van der Waals surface area contributed by atoms with E-state index in [1.165, 1.54) is 5.56 Å². The number of rotatable bonds is 4. The summed E-state index contributed by atoms with van der Waals surface area (Å²) >= 11 is 0. The number of aryl methyl sites for hydroxylation is 1. The van der Waals surface area contributed by atoms with E-state index in [1.54, 1.807) is 6.07 Å². The van der Waals surface area contributed by atoms with E-state index in [2.05, 4.69) is 19.1 Å². The first-order chi connectivity index (χ1) is 11.7. The summed E-state index contributed by atoms with van der Waals surface area (Å²) in [7, 11) is 0. The Morgan fingerprint density at radius 2 is 1.58 bits per heavy atom. The van der Waals surface area contributed by atoms with Crippen LogP contribution < -0.4 is 0 Å². The maximum absolute atomic E-state index is 14.9. The third-order valence-corrected chi connectivity index (χ3v) is 4.13. The molecule has 0 saturated carbocycles. The second kappa shape index (κ2) is 7.10. The second-order valence-electron chi connectivity index (χ2n) is 5.77. The van der Waals surface area contributed by atoms with Gasteiger partial charge in [-0.3, -0.25) is 0 Å². The monoisotopic (exact) mass is 315 g/mol. The predicted molar refractivity (Wildman–Crippen MR) is 96.0 cm³/mol. The molecule has 0 saturated heterocycles. The number of nitrogens with zero attached hydrogens (tertiary/aromatic N) is 1.